The highest BCUT2D eigenvalue weighted by molar-refractivity contribution is 6.30. The van der Waals surface area contributed by atoms with E-state index in [4.69, 9.17) is 17.3 Å². The molecule has 1 aromatic heterocycles. The van der Waals surface area contributed by atoms with Crippen molar-refractivity contribution in [1.29, 1.82) is 0 Å². The Hall–Kier alpha value is -2.78. The van der Waals surface area contributed by atoms with Gasteiger partial charge < -0.3 is 15.7 Å². The Kier molecular flexibility index (Phi) is 5.48. The van der Waals surface area contributed by atoms with E-state index in [9.17, 15) is 23.9 Å². The number of anilines is 1. The molecule has 8 nitrogen and oxygen atoms in total. The SMILES string of the molecule is NC(=O)Cn1cc(N2CC[C@](O)(C(=O)CCc3cccc(Cl)c3F)C2=O)cn1. The van der Waals surface area contributed by atoms with Gasteiger partial charge in [0.15, 0.2) is 5.78 Å². The number of benzene rings is 1. The van der Waals surface area contributed by atoms with Crippen molar-refractivity contribution in [1.82, 2.24) is 9.78 Å². The molecule has 148 valence electrons. The average molecular weight is 409 g/mol. The van der Waals surface area contributed by atoms with Crippen LogP contribution in [0.3, 0.4) is 0 Å². The van der Waals surface area contributed by atoms with Gasteiger partial charge in [0.2, 0.25) is 11.5 Å². The minimum atomic E-state index is -2.18. The molecule has 0 radical (unpaired) electrons. The number of Topliss-reactive ketones (excluding diaryl/α,β-unsaturated/α-hetero) is 1. The number of hydrogen-bond acceptors (Lipinski definition) is 5. The number of carbonyl (C=O) groups excluding carboxylic acids is 3. The van der Waals surface area contributed by atoms with Crippen LogP contribution in [-0.2, 0) is 27.3 Å². The van der Waals surface area contributed by atoms with E-state index in [-0.39, 0.29) is 42.9 Å². The number of nitrogens with two attached hydrogens (primary N) is 1. The third-order valence-corrected chi connectivity index (χ3v) is 4.95. The van der Waals surface area contributed by atoms with Gasteiger partial charge in [0.05, 0.1) is 16.9 Å². The normalized spacial score (nSPS) is 19.2. The van der Waals surface area contributed by atoms with Crippen molar-refractivity contribution in [2.45, 2.75) is 31.4 Å². The summed E-state index contributed by atoms with van der Waals surface area (Å²) in [6.45, 7) is -0.0503. The summed E-state index contributed by atoms with van der Waals surface area (Å²) in [5.41, 5.74) is 3.50. The number of primary amides is 1. The summed E-state index contributed by atoms with van der Waals surface area (Å²) < 4.78 is 15.2. The first-order valence-corrected chi connectivity index (χ1v) is 8.91. The van der Waals surface area contributed by atoms with E-state index in [1.165, 1.54) is 34.1 Å². The lowest BCUT2D eigenvalue weighted by molar-refractivity contribution is -0.147. The number of rotatable bonds is 7. The molecule has 0 saturated carbocycles. The van der Waals surface area contributed by atoms with Gasteiger partial charge in [0, 0.05) is 25.6 Å². The zero-order chi connectivity index (χ0) is 20.5. The third kappa shape index (κ3) is 3.76. The summed E-state index contributed by atoms with van der Waals surface area (Å²) >= 11 is 5.72. The highest BCUT2D eigenvalue weighted by Gasteiger charge is 2.51. The molecule has 0 unspecified atom stereocenters. The topological polar surface area (TPSA) is 119 Å². The van der Waals surface area contributed by atoms with Gasteiger partial charge in [0.1, 0.15) is 12.4 Å². The molecule has 1 atom stereocenters. The molecule has 1 fully saturated rings. The van der Waals surface area contributed by atoms with Gasteiger partial charge in [-0.3, -0.25) is 19.1 Å². The molecule has 2 aromatic rings. The summed E-state index contributed by atoms with van der Waals surface area (Å²) in [6, 6.07) is 4.45. The number of hydrogen-bond donors (Lipinski definition) is 2. The van der Waals surface area contributed by atoms with E-state index in [2.05, 4.69) is 5.10 Å². The first-order valence-electron chi connectivity index (χ1n) is 8.53. The maximum Gasteiger partial charge on any atom is 0.266 e. The van der Waals surface area contributed by atoms with Crippen molar-refractivity contribution in [2.75, 3.05) is 11.4 Å². The molecular formula is C18H18ClFN4O4. The molecule has 0 spiro atoms. The van der Waals surface area contributed by atoms with Gasteiger partial charge in [0.25, 0.3) is 5.91 Å². The second-order valence-electron chi connectivity index (χ2n) is 6.57. The van der Waals surface area contributed by atoms with Crippen molar-refractivity contribution < 1.29 is 23.9 Å². The number of carbonyl (C=O) groups is 3. The van der Waals surface area contributed by atoms with Crippen LogP contribution in [-0.4, -0.2) is 44.6 Å². The molecule has 28 heavy (non-hydrogen) atoms. The van der Waals surface area contributed by atoms with Crippen LogP contribution in [0.5, 0.6) is 0 Å². The number of aromatic nitrogens is 2. The largest absolute Gasteiger partial charge is 0.373 e. The fourth-order valence-corrected chi connectivity index (χ4v) is 3.34. The summed E-state index contributed by atoms with van der Waals surface area (Å²) in [6.07, 6.45) is 2.48. The molecule has 1 aliphatic heterocycles. The highest BCUT2D eigenvalue weighted by Crippen LogP contribution is 2.30. The maximum atomic E-state index is 14.0. The van der Waals surface area contributed by atoms with Gasteiger partial charge in [-0.15, -0.1) is 0 Å². The Morgan fingerprint density at radius 3 is 2.86 bits per heavy atom. The lowest BCUT2D eigenvalue weighted by atomic mass is 9.92. The molecule has 1 saturated heterocycles. The van der Waals surface area contributed by atoms with Crippen LogP contribution in [0, 0.1) is 5.82 Å². The summed E-state index contributed by atoms with van der Waals surface area (Å²) in [5, 5.41) is 14.5. The Morgan fingerprint density at radius 2 is 2.14 bits per heavy atom. The van der Waals surface area contributed by atoms with Crippen molar-refractivity contribution in [2.24, 2.45) is 5.73 Å². The smallest absolute Gasteiger partial charge is 0.266 e. The van der Waals surface area contributed by atoms with E-state index in [0.717, 1.165) is 0 Å². The number of amides is 2. The van der Waals surface area contributed by atoms with Gasteiger partial charge in [-0.05, 0) is 18.1 Å². The number of aryl methyl sites for hydroxylation is 1. The molecular weight excluding hydrogens is 391 g/mol. The Morgan fingerprint density at radius 1 is 1.39 bits per heavy atom. The van der Waals surface area contributed by atoms with Crippen LogP contribution in [0.1, 0.15) is 18.4 Å². The standard InChI is InChI=1S/C18H18ClFN4O4/c19-13-3-1-2-11(16(13)20)4-5-14(25)18(28)6-7-24(17(18)27)12-8-22-23(9-12)10-15(21)26/h1-3,8-9,28H,4-7,10H2,(H2,21,26)/t18-/m0/s1. The Balaban J connectivity index is 1.69. The van der Waals surface area contributed by atoms with Gasteiger partial charge in [-0.25, -0.2) is 4.39 Å². The predicted octanol–water partition coefficient (Wildman–Crippen LogP) is 0.831. The summed E-state index contributed by atoms with van der Waals surface area (Å²) in [4.78, 5) is 37.4. The first kappa shape index (κ1) is 20.0. The van der Waals surface area contributed by atoms with E-state index >= 15 is 0 Å². The van der Waals surface area contributed by atoms with E-state index in [1.807, 2.05) is 0 Å². The summed E-state index contributed by atoms with van der Waals surface area (Å²) in [7, 11) is 0. The van der Waals surface area contributed by atoms with E-state index < -0.39 is 29.0 Å². The number of halogens is 2. The van der Waals surface area contributed by atoms with E-state index in [0.29, 0.717) is 5.69 Å². The van der Waals surface area contributed by atoms with Crippen molar-refractivity contribution in [3.8, 4) is 0 Å². The van der Waals surface area contributed by atoms with Crippen molar-refractivity contribution >= 4 is 34.9 Å². The minimum Gasteiger partial charge on any atom is -0.373 e. The van der Waals surface area contributed by atoms with Crippen molar-refractivity contribution in [3.05, 3.63) is 47.0 Å². The van der Waals surface area contributed by atoms with E-state index in [1.54, 1.807) is 6.07 Å². The molecule has 1 aromatic carbocycles. The Labute approximate surface area is 164 Å². The minimum absolute atomic E-state index is 0.0113. The van der Waals surface area contributed by atoms with Gasteiger partial charge in [-0.1, -0.05) is 23.7 Å². The molecule has 2 amide bonds. The molecule has 0 aliphatic carbocycles. The third-order valence-electron chi connectivity index (χ3n) is 4.66. The first-order chi connectivity index (χ1) is 13.2. The maximum absolute atomic E-state index is 14.0. The fraction of sp³-hybridized carbons (Fsp3) is 0.333. The fourth-order valence-electron chi connectivity index (χ4n) is 3.15. The van der Waals surface area contributed by atoms with Gasteiger partial charge >= 0.3 is 0 Å². The second-order valence-corrected chi connectivity index (χ2v) is 6.97. The number of aliphatic hydroxyl groups is 1. The van der Waals surface area contributed by atoms with Crippen LogP contribution < -0.4 is 10.6 Å². The van der Waals surface area contributed by atoms with Crippen LogP contribution >= 0.6 is 11.6 Å². The second kappa shape index (κ2) is 7.69. The zero-order valence-electron chi connectivity index (χ0n) is 14.8. The lowest BCUT2D eigenvalue weighted by Crippen LogP contribution is -2.47. The number of ketones is 1. The molecule has 0 bridgehead atoms. The molecule has 3 rings (SSSR count). The van der Waals surface area contributed by atoms with Crippen molar-refractivity contribution in [3.63, 3.8) is 0 Å². The van der Waals surface area contributed by atoms with Crippen LogP contribution in [0.4, 0.5) is 10.1 Å². The predicted molar refractivity (Wildman–Crippen MR) is 98.1 cm³/mol. The van der Waals surface area contributed by atoms with Gasteiger partial charge in [-0.2, -0.15) is 5.10 Å². The summed E-state index contributed by atoms with van der Waals surface area (Å²) in [5.74, 6) is -2.68. The molecule has 2 heterocycles. The van der Waals surface area contributed by atoms with Crippen LogP contribution in [0.15, 0.2) is 30.6 Å². The average Bonchev–Trinajstić information content (AvgIpc) is 3.21. The quantitative estimate of drug-likeness (QED) is 0.658. The highest BCUT2D eigenvalue weighted by atomic mass is 35.5. The van der Waals surface area contributed by atoms with Crippen LogP contribution in [0.25, 0.3) is 0 Å². The zero-order valence-corrected chi connectivity index (χ0v) is 15.5. The Bertz CT molecular complexity index is 947. The lowest BCUT2D eigenvalue weighted by Gasteiger charge is -2.20. The van der Waals surface area contributed by atoms with Crippen LogP contribution in [0.2, 0.25) is 5.02 Å². The molecule has 1 aliphatic rings. The monoisotopic (exact) mass is 408 g/mol. The molecule has 3 N–H and O–H groups in total. The molecule has 10 heteroatoms. The number of nitrogens with zero attached hydrogens (tertiary/aromatic N) is 3.